The molecule has 0 spiro atoms. The lowest BCUT2D eigenvalue weighted by Crippen LogP contribution is -2.33. The molecule has 12 heteroatoms. The molecule has 3 rings (SSSR count). The molecular formula is C17H12N4O8. The van der Waals surface area contributed by atoms with E-state index in [1.807, 2.05) is 0 Å². The van der Waals surface area contributed by atoms with Gasteiger partial charge in [0.25, 0.3) is 11.6 Å². The molecule has 148 valence electrons. The largest absolute Gasteiger partial charge is 0.497 e. The minimum absolute atomic E-state index is 0.208. The summed E-state index contributed by atoms with van der Waals surface area (Å²) in [4.78, 5) is 44.7. The van der Waals surface area contributed by atoms with Crippen molar-refractivity contribution in [2.24, 2.45) is 0 Å². The lowest BCUT2D eigenvalue weighted by molar-refractivity contribution is -0.393. The van der Waals surface area contributed by atoms with Crippen LogP contribution in [0.1, 0.15) is 10.4 Å². The molecule has 0 aliphatic heterocycles. The first-order valence-corrected chi connectivity index (χ1v) is 7.91. The van der Waals surface area contributed by atoms with E-state index in [0.717, 1.165) is 18.2 Å². The number of benzene rings is 2. The monoisotopic (exact) mass is 400 g/mol. The Hall–Kier alpha value is -4.48. The summed E-state index contributed by atoms with van der Waals surface area (Å²) >= 11 is 0. The molecule has 2 aromatic carbocycles. The zero-order valence-corrected chi connectivity index (χ0v) is 14.7. The highest BCUT2D eigenvalue weighted by atomic mass is 16.6. The van der Waals surface area contributed by atoms with Crippen LogP contribution in [0.2, 0.25) is 0 Å². The second-order valence-electron chi connectivity index (χ2n) is 5.65. The summed E-state index contributed by atoms with van der Waals surface area (Å²) in [5.41, 5.74) is 2.07. The average Bonchev–Trinajstić information content (AvgIpc) is 2.70. The van der Waals surface area contributed by atoms with Gasteiger partial charge in [-0.1, -0.05) is 0 Å². The summed E-state index contributed by atoms with van der Waals surface area (Å²) in [6, 6.07) is 8.76. The number of amides is 1. The lowest BCUT2D eigenvalue weighted by atomic mass is 10.1. The number of hydrazine groups is 1. The van der Waals surface area contributed by atoms with Crippen molar-refractivity contribution < 1.29 is 23.8 Å². The van der Waals surface area contributed by atoms with Crippen molar-refractivity contribution in [3.05, 3.63) is 78.7 Å². The minimum Gasteiger partial charge on any atom is -0.497 e. The molecule has 0 aliphatic rings. The summed E-state index contributed by atoms with van der Waals surface area (Å²) in [6.45, 7) is 0. The zero-order chi connectivity index (χ0) is 21.1. The van der Waals surface area contributed by atoms with E-state index in [2.05, 4.69) is 10.9 Å². The van der Waals surface area contributed by atoms with E-state index in [0.29, 0.717) is 11.1 Å². The SMILES string of the molecule is COc1ccc2oc(=O)c(C(=O)NNc3ccc([N+](=O)[O-])cc3[N+](=O)[O-])cc2c1. The number of carbonyl (C=O) groups excluding carboxylic acids is 1. The number of methoxy groups -OCH3 is 1. The summed E-state index contributed by atoms with van der Waals surface area (Å²) in [6.07, 6.45) is 0. The fourth-order valence-corrected chi connectivity index (χ4v) is 2.47. The van der Waals surface area contributed by atoms with Crippen molar-refractivity contribution in [1.82, 2.24) is 5.43 Å². The molecule has 29 heavy (non-hydrogen) atoms. The number of fused-ring (bicyclic) bond motifs is 1. The molecule has 0 saturated heterocycles. The number of hydrogen-bond donors (Lipinski definition) is 2. The quantitative estimate of drug-likeness (QED) is 0.358. The Morgan fingerprint density at radius 3 is 2.48 bits per heavy atom. The number of ether oxygens (including phenoxy) is 1. The van der Waals surface area contributed by atoms with Gasteiger partial charge < -0.3 is 9.15 Å². The third-order valence-corrected chi connectivity index (χ3v) is 3.88. The molecule has 0 unspecified atom stereocenters. The molecule has 0 bridgehead atoms. The van der Waals surface area contributed by atoms with Gasteiger partial charge in [-0.25, -0.2) is 4.79 Å². The highest BCUT2D eigenvalue weighted by Crippen LogP contribution is 2.28. The number of rotatable bonds is 6. The van der Waals surface area contributed by atoms with Crippen LogP contribution in [-0.2, 0) is 0 Å². The maximum atomic E-state index is 12.4. The van der Waals surface area contributed by atoms with Crippen LogP contribution in [0.5, 0.6) is 5.75 Å². The molecule has 1 amide bonds. The van der Waals surface area contributed by atoms with Gasteiger partial charge >= 0.3 is 11.3 Å². The lowest BCUT2D eigenvalue weighted by Gasteiger charge is -2.09. The molecular weight excluding hydrogens is 388 g/mol. The second kappa shape index (κ2) is 7.64. The molecule has 1 heterocycles. The highest BCUT2D eigenvalue weighted by Gasteiger charge is 2.21. The maximum Gasteiger partial charge on any atom is 0.349 e. The maximum absolute atomic E-state index is 12.4. The Bertz CT molecular complexity index is 1200. The van der Waals surface area contributed by atoms with Gasteiger partial charge in [0, 0.05) is 11.5 Å². The van der Waals surface area contributed by atoms with Gasteiger partial charge in [0.05, 0.1) is 23.0 Å². The van der Waals surface area contributed by atoms with Gasteiger partial charge in [-0.2, -0.15) is 0 Å². The zero-order valence-electron chi connectivity index (χ0n) is 14.7. The number of hydrogen-bond acceptors (Lipinski definition) is 9. The van der Waals surface area contributed by atoms with Crippen molar-refractivity contribution in [3.63, 3.8) is 0 Å². The van der Waals surface area contributed by atoms with Crippen LogP contribution in [0, 0.1) is 20.2 Å². The normalized spacial score (nSPS) is 10.4. The highest BCUT2D eigenvalue weighted by molar-refractivity contribution is 5.97. The van der Waals surface area contributed by atoms with Crippen molar-refractivity contribution >= 4 is 33.9 Å². The molecule has 2 N–H and O–H groups in total. The predicted molar refractivity (Wildman–Crippen MR) is 99.9 cm³/mol. The Morgan fingerprint density at radius 2 is 1.83 bits per heavy atom. The average molecular weight is 400 g/mol. The van der Waals surface area contributed by atoms with E-state index in [1.165, 1.54) is 19.2 Å². The van der Waals surface area contributed by atoms with E-state index in [4.69, 9.17) is 9.15 Å². The molecule has 0 radical (unpaired) electrons. The molecule has 12 nitrogen and oxygen atoms in total. The smallest absolute Gasteiger partial charge is 0.349 e. The van der Waals surface area contributed by atoms with Crippen LogP contribution >= 0.6 is 0 Å². The van der Waals surface area contributed by atoms with Crippen LogP contribution < -0.4 is 21.2 Å². The summed E-state index contributed by atoms with van der Waals surface area (Å²) in [7, 11) is 1.45. The molecule has 0 saturated carbocycles. The fraction of sp³-hybridized carbons (Fsp3) is 0.0588. The van der Waals surface area contributed by atoms with Crippen molar-refractivity contribution in [2.45, 2.75) is 0 Å². The van der Waals surface area contributed by atoms with Gasteiger partial charge in [0.15, 0.2) is 0 Å². The van der Waals surface area contributed by atoms with Crippen LogP contribution in [-0.4, -0.2) is 22.9 Å². The number of carbonyl (C=O) groups is 1. The summed E-state index contributed by atoms with van der Waals surface area (Å²) < 4.78 is 10.2. The molecule has 0 fully saturated rings. The molecule has 3 aromatic rings. The van der Waals surface area contributed by atoms with Gasteiger partial charge in [-0.15, -0.1) is 0 Å². The topological polar surface area (TPSA) is 167 Å². The summed E-state index contributed by atoms with van der Waals surface area (Å²) in [5, 5.41) is 22.3. The molecule has 0 atom stereocenters. The van der Waals surface area contributed by atoms with Crippen LogP contribution in [0.15, 0.2) is 51.7 Å². The fourth-order valence-electron chi connectivity index (χ4n) is 2.47. The number of nitrogens with zero attached hydrogens (tertiary/aromatic N) is 2. The number of non-ortho nitro benzene ring substituents is 1. The van der Waals surface area contributed by atoms with Crippen LogP contribution in [0.3, 0.4) is 0 Å². The molecule has 0 aliphatic carbocycles. The van der Waals surface area contributed by atoms with Crippen LogP contribution in [0.4, 0.5) is 17.1 Å². The van der Waals surface area contributed by atoms with E-state index >= 15 is 0 Å². The van der Waals surface area contributed by atoms with E-state index in [9.17, 15) is 29.8 Å². The standard InChI is InChI=1S/C17H12N4O8/c1-28-11-3-5-15-9(6-11)7-12(17(23)29-15)16(22)19-18-13-4-2-10(20(24)25)8-14(13)21(26)27/h2-8,18H,1H3,(H,19,22). The predicted octanol–water partition coefficient (Wildman–Crippen LogP) is 2.37. The third kappa shape index (κ3) is 3.95. The van der Waals surface area contributed by atoms with Gasteiger partial charge in [0.2, 0.25) is 0 Å². The van der Waals surface area contributed by atoms with E-state index in [-0.39, 0.29) is 16.8 Å². The first kappa shape index (κ1) is 19.3. The number of nitro benzene ring substituents is 2. The van der Waals surface area contributed by atoms with Crippen molar-refractivity contribution in [2.75, 3.05) is 12.5 Å². The Labute approximate surface area is 161 Å². The second-order valence-corrected chi connectivity index (χ2v) is 5.65. The Kier molecular flexibility index (Phi) is 5.08. The van der Waals surface area contributed by atoms with E-state index in [1.54, 1.807) is 12.1 Å². The Balaban J connectivity index is 1.87. The minimum atomic E-state index is -0.920. The number of nitrogens with one attached hydrogen (secondary N) is 2. The van der Waals surface area contributed by atoms with Crippen LogP contribution in [0.25, 0.3) is 11.0 Å². The van der Waals surface area contributed by atoms with Gasteiger partial charge in [-0.3, -0.25) is 35.9 Å². The Morgan fingerprint density at radius 1 is 1.07 bits per heavy atom. The first-order valence-electron chi connectivity index (χ1n) is 7.91. The number of anilines is 1. The summed E-state index contributed by atoms with van der Waals surface area (Å²) in [5.74, 6) is -0.437. The van der Waals surface area contributed by atoms with Gasteiger partial charge in [-0.05, 0) is 30.3 Å². The van der Waals surface area contributed by atoms with Gasteiger partial charge in [0.1, 0.15) is 22.6 Å². The molecule has 1 aromatic heterocycles. The van der Waals surface area contributed by atoms with E-state index < -0.39 is 32.8 Å². The van der Waals surface area contributed by atoms with Crippen molar-refractivity contribution in [1.29, 1.82) is 0 Å². The number of nitro groups is 2. The third-order valence-electron chi connectivity index (χ3n) is 3.88. The first-order chi connectivity index (χ1) is 13.8. The van der Waals surface area contributed by atoms with Crippen molar-refractivity contribution in [3.8, 4) is 5.75 Å².